The first kappa shape index (κ1) is 16.1. The van der Waals surface area contributed by atoms with Gasteiger partial charge >= 0.3 is 0 Å². The first-order valence-corrected chi connectivity index (χ1v) is 9.02. The van der Waals surface area contributed by atoms with Crippen molar-refractivity contribution >= 4 is 28.6 Å². The Morgan fingerprint density at radius 1 is 1.24 bits per heavy atom. The van der Waals surface area contributed by atoms with E-state index in [1.54, 1.807) is 13.3 Å². The van der Waals surface area contributed by atoms with Gasteiger partial charge in [0, 0.05) is 24.2 Å². The Morgan fingerprint density at radius 3 is 3.04 bits per heavy atom. The Kier molecular flexibility index (Phi) is 4.38. The molecule has 0 spiro atoms. The molecule has 0 aliphatic heterocycles. The minimum atomic E-state index is -0.227. The Morgan fingerprint density at radius 2 is 2.16 bits per heavy atom. The van der Waals surface area contributed by atoms with Crippen molar-refractivity contribution in [3.8, 4) is 16.3 Å². The second kappa shape index (κ2) is 6.82. The van der Waals surface area contributed by atoms with Gasteiger partial charge < -0.3 is 9.14 Å². The molecule has 1 atom stereocenters. The van der Waals surface area contributed by atoms with Crippen LogP contribution in [0.15, 0.2) is 55.0 Å². The number of hydrogen-bond acceptors (Lipinski definition) is 5. The molecule has 126 valence electrons. The van der Waals surface area contributed by atoms with Crippen LogP contribution in [0.2, 0.25) is 0 Å². The van der Waals surface area contributed by atoms with E-state index in [1.165, 1.54) is 11.3 Å². The fourth-order valence-corrected chi connectivity index (χ4v) is 3.78. The first-order chi connectivity index (χ1) is 12.2. The number of fused-ring (bicyclic) bond motifs is 1. The molecule has 1 aromatic carbocycles. The highest BCUT2D eigenvalue weighted by atomic mass is 35.5. The summed E-state index contributed by atoms with van der Waals surface area (Å²) in [4.78, 5) is 4.25. The predicted octanol–water partition coefficient (Wildman–Crippen LogP) is 4.38. The number of ether oxygens (including phenoxy) is 1. The maximum atomic E-state index is 6.57. The monoisotopic (exact) mass is 370 g/mol. The van der Waals surface area contributed by atoms with Crippen molar-refractivity contribution in [2.45, 2.75) is 11.8 Å². The van der Waals surface area contributed by atoms with Crippen molar-refractivity contribution in [2.24, 2.45) is 0 Å². The lowest BCUT2D eigenvalue weighted by Gasteiger charge is -2.07. The predicted molar refractivity (Wildman–Crippen MR) is 99.4 cm³/mol. The summed E-state index contributed by atoms with van der Waals surface area (Å²) in [5.74, 6) is 0.827. The van der Waals surface area contributed by atoms with E-state index in [0.29, 0.717) is 6.42 Å². The summed E-state index contributed by atoms with van der Waals surface area (Å²) in [6, 6.07) is 11.9. The number of alkyl halides is 1. The number of halogens is 1. The molecule has 0 bridgehead atoms. The van der Waals surface area contributed by atoms with Gasteiger partial charge in [-0.1, -0.05) is 23.5 Å². The summed E-state index contributed by atoms with van der Waals surface area (Å²) in [6.45, 7) is 0. The average molecular weight is 371 g/mol. The second-order valence-electron chi connectivity index (χ2n) is 5.58. The van der Waals surface area contributed by atoms with Gasteiger partial charge in [0.1, 0.15) is 21.4 Å². The molecule has 3 heterocycles. The molecule has 1 unspecified atom stereocenters. The van der Waals surface area contributed by atoms with E-state index in [0.717, 1.165) is 32.5 Å². The number of rotatable bonds is 5. The van der Waals surface area contributed by atoms with E-state index >= 15 is 0 Å². The maximum absolute atomic E-state index is 6.57. The molecule has 7 heteroatoms. The van der Waals surface area contributed by atoms with Crippen LogP contribution >= 0.6 is 22.9 Å². The van der Waals surface area contributed by atoms with Gasteiger partial charge in [-0.3, -0.25) is 0 Å². The zero-order chi connectivity index (χ0) is 17.2. The molecular weight excluding hydrogens is 356 g/mol. The van der Waals surface area contributed by atoms with Gasteiger partial charge in [-0.15, -0.1) is 21.8 Å². The molecule has 4 rings (SSSR count). The summed E-state index contributed by atoms with van der Waals surface area (Å²) in [7, 11) is 1.66. The lowest BCUT2D eigenvalue weighted by Crippen LogP contribution is -1.96. The number of nitrogens with zero attached hydrogens (tertiary/aromatic N) is 4. The van der Waals surface area contributed by atoms with Crippen LogP contribution in [-0.2, 0) is 6.42 Å². The fraction of sp³-hybridized carbons (Fsp3) is 0.167. The minimum absolute atomic E-state index is 0.227. The molecule has 4 aromatic rings. The van der Waals surface area contributed by atoms with Crippen LogP contribution in [0.3, 0.4) is 0 Å². The molecule has 0 aliphatic rings. The normalized spacial score (nSPS) is 12.4. The Labute approximate surface area is 153 Å². The third-order valence-corrected chi connectivity index (χ3v) is 5.47. The molecule has 0 fully saturated rings. The molecule has 0 amide bonds. The smallest absolute Gasteiger partial charge is 0.149 e. The topological polar surface area (TPSA) is 52.3 Å². The number of hydrogen-bond donors (Lipinski definition) is 0. The summed E-state index contributed by atoms with van der Waals surface area (Å²) in [6.07, 6.45) is 6.35. The van der Waals surface area contributed by atoms with Gasteiger partial charge in [0.05, 0.1) is 12.5 Å². The van der Waals surface area contributed by atoms with Gasteiger partial charge in [-0.05, 0) is 36.2 Å². The van der Waals surface area contributed by atoms with Crippen molar-refractivity contribution in [3.63, 3.8) is 0 Å². The van der Waals surface area contributed by atoms with E-state index in [4.69, 9.17) is 16.3 Å². The van der Waals surface area contributed by atoms with Crippen LogP contribution in [0.5, 0.6) is 5.75 Å². The molecule has 25 heavy (non-hydrogen) atoms. The number of methoxy groups -OCH3 is 1. The van der Waals surface area contributed by atoms with Gasteiger partial charge in [-0.25, -0.2) is 4.98 Å². The summed E-state index contributed by atoms with van der Waals surface area (Å²) in [5.41, 5.74) is 3.01. The zero-order valence-electron chi connectivity index (χ0n) is 13.5. The maximum Gasteiger partial charge on any atom is 0.149 e. The van der Waals surface area contributed by atoms with Crippen LogP contribution < -0.4 is 4.74 Å². The first-order valence-electron chi connectivity index (χ1n) is 7.76. The highest BCUT2D eigenvalue weighted by molar-refractivity contribution is 7.15. The van der Waals surface area contributed by atoms with E-state index in [-0.39, 0.29) is 5.38 Å². The lowest BCUT2D eigenvalue weighted by atomic mass is 10.1. The quantitative estimate of drug-likeness (QED) is 0.489. The summed E-state index contributed by atoms with van der Waals surface area (Å²) >= 11 is 8.08. The van der Waals surface area contributed by atoms with Crippen molar-refractivity contribution in [3.05, 3.63) is 65.6 Å². The zero-order valence-corrected chi connectivity index (χ0v) is 15.0. The molecule has 0 aliphatic carbocycles. The molecule has 0 radical (unpaired) electrons. The van der Waals surface area contributed by atoms with Crippen molar-refractivity contribution in [1.29, 1.82) is 0 Å². The van der Waals surface area contributed by atoms with Gasteiger partial charge in [-0.2, -0.15) is 0 Å². The Bertz CT molecular complexity index is 1010. The molecule has 0 saturated heterocycles. The average Bonchev–Trinajstić information content (AvgIpc) is 3.30. The standard InChI is InChI=1S/C18H15ClN4OS/c1-24-14-4-2-3-12(9-14)10-15(19)18-22-21-17(25-18)13-5-6-16-20-7-8-23(16)11-13/h2-9,11,15H,10H2,1H3. The molecular formula is C18H15ClN4OS. The number of aromatic nitrogens is 4. The van der Waals surface area contributed by atoms with Crippen LogP contribution in [0, 0.1) is 0 Å². The van der Waals surface area contributed by atoms with E-state index in [2.05, 4.69) is 15.2 Å². The van der Waals surface area contributed by atoms with Crippen LogP contribution in [-0.4, -0.2) is 26.7 Å². The highest BCUT2D eigenvalue weighted by Crippen LogP contribution is 2.32. The van der Waals surface area contributed by atoms with Gasteiger partial charge in [0.2, 0.25) is 0 Å². The van der Waals surface area contributed by atoms with Crippen molar-refractivity contribution in [1.82, 2.24) is 19.6 Å². The minimum Gasteiger partial charge on any atom is -0.497 e. The largest absolute Gasteiger partial charge is 0.497 e. The van der Waals surface area contributed by atoms with Gasteiger partial charge in [0.15, 0.2) is 0 Å². The third kappa shape index (κ3) is 3.36. The molecule has 5 nitrogen and oxygen atoms in total. The third-order valence-electron chi connectivity index (χ3n) is 3.89. The van der Waals surface area contributed by atoms with Crippen molar-refractivity contribution in [2.75, 3.05) is 7.11 Å². The van der Waals surface area contributed by atoms with E-state index in [1.807, 2.05) is 53.2 Å². The van der Waals surface area contributed by atoms with Crippen molar-refractivity contribution < 1.29 is 4.74 Å². The van der Waals surface area contributed by atoms with Crippen LogP contribution in [0.4, 0.5) is 0 Å². The summed E-state index contributed by atoms with van der Waals surface area (Å²) in [5, 5.41) is 10.0. The van der Waals surface area contributed by atoms with Crippen LogP contribution in [0.25, 0.3) is 16.2 Å². The van der Waals surface area contributed by atoms with E-state index < -0.39 is 0 Å². The Balaban J connectivity index is 1.55. The Hall–Kier alpha value is -2.44. The number of benzene rings is 1. The molecule has 3 aromatic heterocycles. The second-order valence-corrected chi connectivity index (χ2v) is 7.12. The molecule has 0 N–H and O–H groups in total. The molecule has 0 saturated carbocycles. The number of pyridine rings is 1. The van der Waals surface area contributed by atoms with Crippen LogP contribution in [0.1, 0.15) is 15.9 Å². The summed E-state index contributed by atoms with van der Waals surface area (Å²) < 4.78 is 7.22. The van der Waals surface area contributed by atoms with Gasteiger partial charge in [0.25, 0.3) is 0 Å². The fourth-order valence-electron chi connectivity index (χ4n) is 2.62. The highest BCUT2D eigenvalue weighted by Gasteiger charge is 2.16. The SMILES string of the molecule is COc1cccc(CC(Cl)c2nnc(-c3ccc4nccn4c3)s2)c1. The van der Waals surface area contributed by atoms with E-state index in [9.17, 15) is 0 Å². The number of imidazole rings is 1. The lowest BCUT2D eigenvalue weighted by molar-refractivity contribution is 0.414.